The molecule has 0 spiro atoms. The van der Waals surface area contributed by atoms with E-state index < -0.39 is 6.10 Å². The van der Waals surface area contributed by atoms with E-state index in [1.165, 1.54) is 0 Å². The summed E-state index contributed by atoms with van der Waals surface area (Å²) in [6.45, 7) is 14.2. The van der Waals surface area contributed by atoms with Crippen LogP contribution in [0.1, 0.15) is 65.0 Å². The highest BCUT2D eigenvalue weighted by atomic mass is 16.5. The lowest BCUT2D eigenvalue weighted by Crippen LogP contribution is -2.48. The van der Waals surface area contributed by atoms with Crippen LogP contribution < -0.4 is 10.1 Å². The molecule has 1 aromatic rings. The second-order valence-electron chi connectivity index (χ2n) is 6.68. The van der Waals surface area contributed by atoms with Crippen molar-refractivity contribution in [3.05, 3.63) is 29.3 Å². The molecule has 3 heteroatoms. The van der Waals surface area contributed by atoms with E-state index in [2.05, 4.69) is 38.2 Å². The SMILES string of the molecule is CCC(C)(C)NC(=O)[C@H](C)Oc1cc(C)ccc1C(C)C. The summed E-state index contributed by atoms with van der Waals surface area (Å²) in [7, 11) is 0. The molecule has 0 aliphatic heterocycles. The Hall–Kier alpha value is -1.51. The van der Waals surface area contributed by atoms with Gasteiger partial charge in [-0.2, -0.15) is 0 Å². The number of nitrogens with one attached hydrogen (secondary N) is 1. The molecule has 0 saturated heterocycles. The maximum absolute atomic E-state index is 12.3. The van der Waals surface area contributed by atoms with Crippen LogP contribution in [0.2, 0.25) is 0 Å². The molecule has 0 aromatic heterocycles. The normalized spacial score (nSPS) is 13.1. The predicted molar refractivity (Wildman–Crippen MR) is 87.9 cm³/mol. The van der Waals surface area contributed by atoms with Crippen LogP contribution in [-0.4, -0.2) is 17.6 Å². The van der Waals surface area contributed by atoms with Gasteiger partial charge in [-0.25, -0.2) is 0 Å². The van der Waals surface area contributed by atoms with Crippen molar-refractivity contribution in [3.8, 4) is 5.75 Å². The lowest BCUT2D eigenvalue weighted by molar-refractivity contribution is -0.129. The van der Waals surface area contributed by atoms with Gasteiger partial charge < -0.3 is 10.1 Å². The quantitative estimate of drug-likeness (QED) is 0.853. The van der Waals surface area contributed by atoms with Gasteiger partial charge in [-0.1, -0.05) is 32.9 Å². The number of carbonyl (C=O) groups excluding carboxylic acids is 1. The van der Waals surface area contributed by atoms with Crippen molar-refractivity contribution in [2.45, 2.75) is 72.4 Å². The van der Waals surface area contributed by atoms with Crippen LogP contribution >= 0.6 is 0 Å². The predicted octanol–water partition coefficient (Wildman–Crippen LogP) is 4.19. The molecule has 0 saturated carbocycles. The second kappa shape index (κ2) is 6.97. The minimum Gasteiger partial charge on any atom is -0.481 e. The number of ether oxygens (including phenoxy) is 1. The standard InChI is InChI=1S/C18H29NO2/c1-8-18(6,7)19-17(20)14(5)21-16-11-13(4)9-10-15(16)12(2)3/h9-12,14H,8H2,1-7H3,(H,19,20)/t14-/m0/s1. The molecule has 0 heterocycles. The van der Waals surface area contributed by atoms with Gasteiger partial charge in [0.15, 0.2) is 6.10 Å². The van der Waals surface area contributed by atoms with Gasteiger partial charge in [-0.15, -0.1) is 0 Å². The number of hydrogen-bond acceptors (Lipinski definition) is 2. The van der Waals surface area contributed by atoms with Crippen molar-refractivity contribution in [3.63, 3.8) is 0 Å². The summed E-state index contributed by atoms with van der Waals surface area (Å²) in [6, 6.07) is 6.16. The Morgan fingerprint density at radius 1 is 1.29 bits per heavy atom. The molecule has 0 bridgehead atoms. The van der Waals surface area contributed by atoms with E-state index in [0.29, 0.717) is 5.92 Å². The van der Waals surface area contributed by atoms with E-state index in [9.17, 15) is 4.79 Å². The van der Waals surface area contributed by atoms with Crippen molar-refractivity contribution in [2.24, 2.45) is 0 Å². The zero-order valence-corrected chi connectivity index (χ0v) is 14.4. The largest absolute Gasteiger partial charge is 0.481 e. The molecule has 0 radical (unpaired) electrons. The molecule has 0 aliphatic carbocycles. The molecular weight excluding hydrogens is 262 g/mol. The lowest BCUT2D eigenvalue weighted by Gasteiger charge is -2.27. The fourth-order valence-electron chi connectivity index (χ4n) is 1.99. The summed E-state index contributed by atoms with van der Waals surface area (Å²) in [5.41, 5.74) is 2.06. The molecule has 0 fully saturated rings. The minimum absolute atomic E-state index is 0.0712. The number of carbonyl (C=O) groups is 1. The molecule has 1 atom stereocenters. The third-order valence-corrected chi connectivity index (χ3v) is 3.81. The monoisotopic (exact) mass is 291 g/mol. The zero-order valence-electron chi connectivity index (χ0n) is 14.4. The van der Waals surface area contributed by atoms with E-state index >= 15 is 0 Å². The highest BCUT2D eigenvalue weighted by Gasteiger charge is 2.23. The van der Waals surface area contributed by atoms with E-state index in [-0.39, 0.29) is 11.4 Å². The Labute approximate surface area is 129 Å². The average molecular weight is 291 g/mol. The molecule has 1 N–H and O–H groups in total. The van der Waals surface area contributed by atoms with Crippen molar-refractivity contribution in [2.75, 3.05) is 0 Å². The number of rotatable bonds is 6. The molecule has 0 aliphatic rings. The number of benzene rings is 1. The van der Waals surface area contributed by atoms with Gasteiger partial charge in [0.2, 0.25) is 0 Å². The summed E-state index contributed by atoms with van der Waals surface area (Å²) in [4.78, 5) is 12.3. The molecule has 3 nitrogen and oxygen atoms in total. The molecule has 21 heavy (non-hydrogen) atoms. The van der Waals surface area contributed by atoms with Crippen LogP contribution in [0, 0.1) is 6.92 Å². The third kappa shape index (κ3) is 5.07. The summed E-state index contributed by atoms with van der Waals surface area (Å²) < 4.78 is 5.93. The molecule has 1 aromatic carbocycles. The van der Waals surface area contributed by atoms with Gasteiger partial charge in [-0.05, 0) is 57.2 Å². The summed E-state index contributed by atoms with van der Waals surface area (Å²) in [5.74, 6) is 1.10. The zero-order chi connectivity index (χ0) is 16.2. The highest BCUT2D eigenvalue weighted by molar-refractivity contribution is 5.81. The second-order valence-corrected chi connectivity index (χ2v) is 6.68. The Balaban J connectivity index is 2.85. The Bertz CT molecular complexity index is 492. The van der Waals surface area contributed by atoms with E-state index in [0.717, 1.165) is 23.3 Å². The Morgan fingerprint density at radius 2 is 1.90 bits per heavy atom. The van der Waals surface area contributed by atoms with Crippen molar-refractivity contribution in [1.29, 1.82) is 0 Å². The van der Waals surface area contributed by atoms with Gasteiger partial charge in [0, 0.05) is 5.54 Å². The molecule has 118 valence electrons. The maximum Gasteiger partial charge on any atom is 0.261 e. The first-order chi connectivity index (χ1) is 9.66. The van der Waals surface area contributed by atoms with Gasteiger partial charge in [-0.3, -0.25) is 4.79 Å². The van der Waals surface area contributed by atoms with Crippen LogP contribution in [0.4, 0.5) is 0 Å². The van der Waals surface area contributed by atoms with Crippen LogP contribution in [0.3, 0.4) is 0 Å². The average Bonchev–Trinajstić information content (AvgIpc) is 2.37. The first kappa shape index (κ1) is 17.5. The van der Waals surface area contributed by atoms with Crippen molar-refractivity contribution < 1.29 is 9.53 Å². The van der Waals surface area contributed by atoms with Gasteiger partial charge >= 0.3 is 0 Å². The fourth-order valence-corrected chi connectivity index (χ4v) is 1.99. The summed E-state index contributed by atoms with van der Waals surface area (Å²) in [5, 5.41) is 3.03. The number of aryl methyl sites for hydroxylation is 1. The van der Waals surface area contributed by atoms with Crippen LogP contribution in [0.15, 0.2) is 18.2 Å². The van der Waals surface area contributed by atoms with E-state index in [1.54, 1.807) is 6.92 Å². The molecule has 1 amide bonds. The maximum atomic E-state index is 12.3. The highest BCUT2D eigenvalue weighted by Crippen LogP contribution is 2.28. The minimum atomic E-state index is -0.505. The topological polar surface area (TPSA) is 38.3 Å². The molecule has 1 rings (SSSR count). The lowest BCUT2D eigenvalue weighted by atomic mass is 10.0. The smallest absolute Gasteiger partial charge is 0.261 e. The summed E-state index contributed by atoms with van der Waals surface area (Å²) >= 11 is 0. The van der Waals surface area contributed by atoms with Gasteiger partial charge in [0.1, 0.15) is 5.75 Å². The van der Waals surface area contributed by atoms with Crippen LogP contribution in [0.25, 0.3) is 0 Å². The molecule has 0 unspecified atom stereocenters. The van der Waals surface area contributed by atoms with E-state index in [4.69, 9.17) is 4.74 Å². The third-order valence-electron chi connectivity index (χ3n) is 3.81. The van der Waals surface area contributed by atoms with Crippen molar-refractivity contribution >= 4 is 5.91 Å². The summed E-state index contributed by atoms with van der Waals surface area (Å²) in [6.07, 6.45) is 0.378. The van der Waals surface area contributed by atoms with Gasteiger partial charge in [0.05, 0.1) is 0 Å². The Morgan fingerprint density at radius 3 is 2.43 bits per heavy atom. The first-order valence-electron chi connectivity index (χ1n) is 7.75. The van der Waals surface area contributed by atoms with Crippen LogP contribution in [-0.2, 0) is 4.79 Å². The van der Waals surface area contributed by atoms with Gasteiger partial charge in [0.25, 0.3) is 5.91 Å². The Kier molecular flexibility index (Phi) is 5.82. The molecular formula is C18H29NO2. The fraction of sp³-hybridized carbons (Fsp3) is 0.611. The van der Waals surface area contributed by atoms with Crippen molar-refractivity contribution in [1.82, 2.24) is 5.32 Å². The van der Waals surface area contributed by atoms with E-state index in [1.807, 2.05) is 26.8 Å². The van der Waals surface area contributed by atoms with Crippen LogP contribution in [0.5, 0.6) is 5.75 Å². The number of hydrogen-bond donors (Lipinski definition) is 1. The number of amides is 1. The first-order valence-corrected chi connectivity index (χ1v) is 7.75.